The number of amides is 1. The minimum absolute atomic E-state index is 0.457. The molecular weight excluding hydrogens is 342 g/mol. The molecule has 0 aliphatic rings. The van der Waals surface area contributed by atoms with Crippen LogP contribution in [0, 0.1) is 5.92 Å². The molecule has 0 saturated heterocycles. The van der Waals surface area contributed by atoms with Gasteiger partial charge in [-0.15, -0.1) is 0 Å². The number of aliphatic hydroxyl groups excluding tert-OH is 5. The van der Waals surface area contributed by atoms with E-state index in [0.29, 0.717) is 6.10 Å². The number of primary amides is 1. The summed E-state index contributed by atoms with van der Waals surface area (Å²) >= 11 is 0. The minimum Gasteiger partial charge on any atom is -0.394 e. The minimum atomic E-state index is -1.98. The highest BCUT2D eigenvalue weighted by molar-refractivity contribution is 5.79. The van der Waals surface area contributed by atoms with Gasteiger partial charge in [-0.05, 0) is 25.7 Å². The van der Waals surface area contributed by atoms with E-state index >= 15 is 0 Å². The second-order valence-corrected chi connectivity index (χ2v) is 6.23. The molecular formula is C18H41NO7. The zero-order chi connectivity index (χ0) is 21.3. The van der Waals surface area contributed by atoms with Crippen LogP contribution in [0.2, 0.25) is 0 Å². The third-order valence-corrected chi connectivity index (χ3v) is 3.34. The predicted octanol–water partition coefficient (Wildman–Crippen LogP) is 0.172. The number of carbonyl (C=O) groups excluding carboxylic acids is 1. The molecule has 8 nitrogen and oxygen atoms in total. The molecule has 5 atom stereocenters. The van der Waals surface area contributed by atoms with Gasteiger partial charge in [0.2, 0.25) is 5.91 Å². The van der Waals surface area contributed by atoms with E-state index < -0.39 is 36.9 Å². The van der Waals surface area contributed by atoms with Crippen molar-refractivity contribution in [2.24, 2.45) is 11.7 Å². The van der Waals surface area contributed by atoms with Crippen molar-refractivity contribution in [1.82, 2.24) is 0 Å². The van der Waals surface area contributed by atoms with Crippen LogP contribution >= 0.6 is 0 Å². The maximum absolute atomic E-state index is 10.3. The van der Waals surface area contributed by atoms with Crippen LogP contribution in [-0.2, 0) is 9.53 Å². The van der Waals surface area contributed by atoms with E-state index in [1.807, 2.05) is 13.8 Å². The van der Waals surface area contributed by atoms with Crippen LogP contribution in [0.25, 0.3) is 0 Å². The highest BCUT2D eigenvalue weighted by Gasteiger charge is 2.32. The van der Waals surface area contributed by atoms with E-state index in [4.69, 9.17) is 30.3 Å². The molecule has 0 rings (SSSR count). The monoisotopic (exact) mass is 383 g/mol. The Morgan fingerprint density at radius 3 is 1.85 bits per heavy atom. The largest absolute Gasteiger partial charge is 0.394 e. The second kappa shape index (κ2) is 19.0. The fourth-order valence-corrected chi connectivity index (χ4v) is 1.69. The van der Waals surface area contributed by atoms with Gasteiger partial charge in [0.1, 0.15) is 18.3 Å². The Morgan fingerprint density at radius 2 is 1.50 bits per heavy atom. The van der Waals surface area contributed by atoms with Gasteiger partial charge in [-0.2, -0.15) is 0 Å². The molecule has 8 heteroatoms. The van der Waals surface area contributed by atoms with Gasteiger partial charge in [0.15, 0.2) is 6.10 Å². The lowest BCUT2D eigenvalue weighted by Crippen LogP contribution is -2.50. The number of nitrogens with two attached hydrogens (primary N) is 1. The fraction of sp³-hybridized carbons (Fsp3) is 0.944. The van der Waals surface area contributed by atoms with E-state index in [1.165, 1.54) is 19.3 Å². The average molecular weight is 384 g/mol. The summed E-state index contributed by atoms with van der Waals surface area (Å²) in [6.07, 6.45) is -3.29. The molecule has 0 heterocycles. The summed E-state index contributed by atoms with van der Waals surface area (Å²) < 4.78 is 5.59. The molecule has 0 aromatic carbocycles. The highest BCUT2D eigenvalue weighted by Crippen LogP contribution is 2.05. The number of hydrogen-bond donors (Lipinski definition) is 6. The zero-order valence-electron chi connectivity index (χ0n) is 17.1. The standard InChI is InChI=1S/C10H22O.C6H13NO6.C2H6/c1-5-6-10(4)11-8-7-9(2)3;7-6(13)5(12)4(11)3(10)2(9)1-8;1-2/h9-10H,5-8H2,1-4H3;2-5,8-12H,1H2,(H2,7,13);1-2H3. The summed E-state index contributed by atoms with van der Waals surface area (Å²) in [4.78, 5) is 10.3. The van der Waals surface area contributed by atoms with Crippen LogP contribution in [-0.4, -0.2) is 75.2 Å². The molecule has 7 N–H and O–H groups in total. The molecule has 0 saturated carbocycles. The SMILES string of the molecule is CC.CCCC(C)OCCC(C)C.NC(=O)C(O)C(O)C(O)C(O)CO. The van der Waals surface area contributed by atoms with E-state index in [1.54, 1.807) is 0 Å². The van der Waals surface area contributed by atoms with Crippen molar-refractivity contribution in [1.29, 1.82) is 0 Å². The Labute approximate surface area is 158 Å². The molecule has 0 fully saturated rings. The van der Waals surface area contributed by atoms with Crippen LogP contribution in [0.15, 0.2) is 0 Å². The van der Waals surface area contributed by atoms with Crippen molar-refractivity contribution < 1.29 is 35.1 Å². The summed E-state index contributed by atoms with van der Waals surface area (Å²) in [6, 6.07) is 0. The lowest BCUT2D eigenvalue weighted by Gasteiger charge is -2.23. The first-order valence-electron chi connectivity index (χ1n) is 9.32. The average Bonchev–Trinajstić information content (AvgIpc) is 2.61. The molecule has 26 heavy (non-hydrogen) atoms. The number of hydrogen-bond acceptors (Lipinski definition) is 7. The molecule has 0 spiro atoms. The van der Waals surface area contributed by atoms with Gasteiger partial charge in [-0.1, -0.05) is 41.0 Å². The summed E-state index contributed by atoms with van der Waals surface area (Å²) in [7, 11) is 0. The van der Waals surface area contributed by atoms with Crippen LogP contribution < -0.4 is 5.73 Å². The Bertz CT molecular complexity index is 316. The fourth-order valence-electron chi connectivity index (χ4n) is 1.69. The predicted molar refractivity (Wildman–Crippen MR) is 101 cm³/mol. The quantitative estimate of drug-likeness (QED) is 0.297. The summed E-state index contributed by atoms with van der Waals surface area (Å²) in [6.45, 7) is 12.9. The zero-order valence-corrected chi connectivity index (χ0v) is 17.1. The second-order valence-electron chi connectivity index (χ2n) is 6.23. The first-order valence-corrected chi connectivity index (χ1v) is 9.32. The molecule has 0 aromatic rings. The lowest BCUT2D eigenvalue weighted by molar-refractivity contribution is -0.146. The molecule has 0 aliphatic carbocycles. The molecule has 160 valence electrons. The van der Waals surface area contributed by atoms with Gasteiger partial charge in [0.25, 0.3) is 0 Å². The van der Waals surface area contributed by atoms with Gasteiger partial charge in [0.05, 0.1) is 12.7 Å². The van der Waals surface area contributed by atoms with E-state index in [2.05, 4.69) is 33.4 Å². The lowest BCUT2D eigenvalue weighted by atomic mass is 10.0. The van der Waals surface area contributed by atoms with Crippen molar-refractivity contribution in [3.8, 4) is 0 Å². The number of aliphatic hydroxyl groups is 5. The van der Waals surface area contributed by atoms with Crippen molar-refractivity contribution in [3.63, 3.8) is 0 Å². The van der Waals surface area contributed by atoms with Crippen molar-refractivity contribution in [2.75, 3.05) is 13.2 Å². The van der Waals surface area contributed by atoms with Crippen molar-refractivity contribution in [2.45, 2.75) is 91.3 Å². The van der Waals surface area contributed by atoms with E-state index in [-0.39, 0.29) is 0 Å². The van der Waals surface area contributed by atoms with Gasteiger partial charge < -0.3 is 36.0 Å². The third-order valence-electron chi connectivity index (χ3n) is 3.34. The third kappa shape index (κ3) is 16.7. The molecule has 0 aliphatic heterocycles. The van der Waals surface area contributed by atoms with Crippen LogP contribution in [0.4, 0.5) is 0 Å². The van der Waals surface area contributed by atoms with Gasteiger partial charge in [0, 0.05) is 6.61 Å². The highest BCUT2D eigenvalue weighted by atomic mass is 16.5. The Balaban J connectivity index is -0.000000375. The summed E-state index contributed by atoms with van der Waals surface area (Å²) in [5, 5.41) is 44.0. The van der Waals surface area contributed by atoms with Crippen molar-refractivity contribution in [3.05, 3.63) is 0 Å². The van der Waals surface area contributed by atoms with Crippen LogP contribution in [0.3, 0.4) is 0 Å². The van der Waals surface area contributed by atoms with E-state index in [0.717, 1.165) is 12.5 Å². The van der Waals surface area contributed by atoms with Gasteiger partial charge in [-0.25, -0.2) is 0 Å². The first-order chi connectivity index (χ1) is 12.1. The van der Waals surface area contributed by atoms with Crippen LogP contribution in [0.1, 0.15) is 60.8 Å². The molecule has 0 aromatic heterocycles. The molecule has 1 amide bonds. The van der Waals surface area contributed by atoms with Crippen molar-refractivity contribution >= 4 is 5.91 Å². The van der Waals surface area contributed by atoms with E-state index in [9.17, 15) is 4.79 Å². The summed E-state index contributed by atoms with van der Waals surface area (Å²) in [5.74, 6) is -0.458. The topological polar surface area (TPSA) is 153 Å². The van der Waals surface area contributed by atoms with Gasteiger partial charge >= 0.3 is 0 Å². The number of rotatable bonds is 11. The Hall–Kier alpha value is -0.770. The Morgan fingerprint density at radius 1 is 1.00 bits per heavy atom. The summed E-state index contributed by atoms with van der Waals surface area (Å²) in [5.41, 5.74) is 4.61. The smallest absolute Gasteiger partial charge is 0.249 e. The maximum atomic E-state index is 10.3. The van der Waals surface area contributed by atoms with Gasteiger partial charge in [-0.3, -0.25) is 4.79 Å². The first kappa shape index (κ1) is 30.0. The number of carbonyl (C=O) groups is 1. The molecule has 5 unspecified atom stereocenters. The number of ether oxygens (including phenoxy) is 1. The van der Waals surface area contributed by atoms with Crippen LogP contribution in [0.5, 0.6) is 0 Å². The molecule has 0 bridgehead atoms. The Kier molecular flexibility index (Phi) is 21.9. The maximum Gasteiger partial charge on any atom is 0.249 e. The normalized spacial score (nSPS) is 16.3. The molecule has 0 radical (unpaired) electrons.